The molecular weight excluding hydrogens is 367 g/mol. The van der Waals surface area contributed by atoms with Gasteiger partial charge in [0.2, 0.25) is 5.44 Å². The molecule has 0 fully saturated rings. The maximum absolute atomic E-state index is 14.2. The molecule has 0 aliphatic carbocycles. The highest BCUT2D eigenvalue weighted by Crippen LogP contribution is 2.44. The second-order valence-electron chi connectivity index (χ2n) is 5.53. The van der Waals surface area contributed by atoms with E-state index in [2.05, 4.69) is 5.32 Å². The number of nitrogens with zero attached hydrogens (tertiary/aromatic N) is 1. The van der Waals surface area contributed by atoms with Crippen molar-refractivity contribution >= 4 is 33.8 Å². The summed E-state index contributed by atoms with van der Waals surface area (Å²) in [5, 5.41) is 2.97. The highest BCUT2D eigenvalue weighted by molar-refractivity contribution is 7.93. The molecule has 136 valence electrons. The molecular formula is C17H20ClFN2O3S. The van der Waals surface area contributed by atoms with Gasteiger partial charge in [0.25, 0.3) is 10.0 Å². The summed E-state index contributed by atoms with van der Waals surface area (Å²) in [6.07, 6.45) is 0.882. The zero-order chi connectivity index (χ0) is 17.2. The van der Waals surface area contributed by atoms with E-state index in [9.17, 15) is 12.8 Å². The summed E-state index contributed by atoms with van der Waals surface area (Å²) < 4.78 is 47.0. The Bertz CT molecular complexity index is 818. The third-order valence-corrected chi connectivity index (χ3v) is 5.77. The second-order valence-corrected chi connectivity index (χ2v) is 7.45. The molecule has 2 aromatic carbocycles. The van der Waals surface area contributed by atoms with E-state index in [4.69, 9.17) is 4.74 Å². The molecule has 0 radical (unpaired) electrons. The average molecular weight is 387 g/mol. The summed E-state index contributed by atoms with van der Waals surface area (Å²) in [6, 6.07) is 12.9. The van der Waals surface area contributed by atoms with E-state index in [0.717, 1.165) is 0 Å². The first-order chi connectivity index (χ1) is 11.6. The first kappa shape index (κ1) is 19.5. The number of ether oxygens (including phenoxy) is 1. The highest BCUT2D eigenvalue weighted by Gasteiger charge is 2.41. The molecule has 1 N–H and O–H groups in total. The minimum Gasteiger partial charge on any atom is -0.467 e. The van der Waals surface area contributed by atoms with Crippen molar-refractivity contribution < 1.29 is 17.5 Å². The number of benzene rings is 2. The quantitative estimate of drug-likeness (QED) is 0.800. The van der Waals surface area contributed by atoms with Crippen molar-refractivity contribution in [2.24, 2.45) is 0 Å². The first-order valence-corrected chi connectivity index (χ1v) is 9.25. The minimum atomic E-state index is -3.81. The Labute approximate surface area is 153 Å². The predicted molar refractivity (Wildman–Crippen MR) is 98.7 cm³/mol. The van der Waals surface area contributed by atoms with Crippen LogP contribution in [0.4, 0.5) is 15.8 Å². The molecule has 25 heavy (non-hydrogen) atoms. The molecule has 8 heteroatoms. The molecule has 1 aliphatic rings. The minimum absolute atomic E-state index is 0. The summed E-state index contributed by atoms with van der Waals surface area (Å²) >= 11 is 0. The lowest BCUT2D eigenvalue weighted by Gasteiger charge is -2.35. The van der Waals surface area contributed by atoms with Crippen molar-refractivity contribution in [1.29, 1.82) is 0 Å². The van der Waals surface area contributed by atoms with Gasteiger partial charge in [-0.1, -0.05) is 24.3 Å². The second kappa shape index (κ2) is 8.03. The molecule has 0 amide bonds. The van der Waals surface area contributed by atoms with Gasteiger partial charge in [0, 0.05) is 6.42 Å². The van der Waals surface area contributed by atoms with Gasteiger partial charge in [0.1, 0.15) is 5.69 Å². The van der Waals surface area contributed by atoms with E-state index in [0.29, 0.717) is 18.7 Å². The average Bonchev–Trinajstić information content (AvgIpc) is 2.56. The lowest BCUT2D eigenvalue weighted by Crippen LogP contribution is -2.43. The van der Waals surface area contributed by atoms with E-state index >= 15 is 0 Å². The van der Waals surface area contributed by atoms with Crippen molar-refractivity contribution in [2.75, 3.05) is 17.9 Å². The number of sulfonamides is 1. The summed E-state index contributed by atoms with van der Waals surface area (Å²) in [7, 11) is -2.02. The van der Waals surface area contributed by atoms with Gasteiger partial charge >= 0.3 is 0 Å². The van der Waals surface area contributed by atoms with Gasteiger partial charge in [-0.2, -0.15) is 0 Å². The Morgan fingerprint density at radius 3 is 2.56 bits per heavy atom. The van der Waals surface area contributed by atoms with Gasteiger partial charge in [0.15, 0.2) is 11.6 Å². The maximum atomic E-state index is 14.2. The van der Waals surface area contributed by atoms with Crippen LogP contribution < -0.4 is 14.4 Å². The maximum Gasteiger partial charge on any atom is 0.277 e. The van der Waals surface area contributed by atoms with E-state index in [-0.39, 0.29) is 30.3 Å². The Morgan fingerprint density at radius 1 is 1.16 bits per heavy atom. The van der Waals surface area contributed by atoms with Gasteiger partial charge in [-0.3, -0.25) is 0 Å². The zero-order valence-electron chi connectivity index (χ0n) is 13.7. The standard InChI is InChI=1S/C17H19FN2O3S.ClH/c1-19-12-6-11-16-23-17-14(18)9-5-10-15(17)20(24(16,21)22)13-7-3-2-4-8-13;/h2-5,7-10,16,19H,6,11-12H2,1H3;1H. The van der Waals surface area contributed by atoms with Crippen LogP contribution in [-0.2, 0) is 10.0 Å². The Morgan fingerprint density at radius 2 is 1.88 bits per heavy atom. The van der Waals surface area contributed by atoms with Crippen LogP contribution in [0, 0.1) is 5.82 Å². The van der Waals surface area contributed by atoms with Crippen LogP contribution in [0.15, 0.2) is 48.5 Å². The molecule has 5 nitrogen and oxygen atoms in total. The van der Waals surface area contributed by atoms with Crippen LogP contribution in [0.3, 0.4) is 0 Å². The smallest absolute Gasteiger partial charge is 0.277 e. The van der Waals surface area contributed by atoms with E-state index < -0.39 is 21.3 Å². The third kappa shape index (κ3) is 3.73. The fourth-order valence-corrected chi connectivity index (χ4v) is 4.47. The molecule has 2 aromatic rings. The number of hydrogen-bond acceptors (Lipinski definition) is 4. The first-order valence-electron chi connectivity index (χ1n) is 7.74. The number of nitrogens with one attached hydrogen (secondary N) is 1. The Kier molecular flexibility index (Phi) is 6.26. The zero-order valence-corrected chi connectivity index (χ0v) is 15.3. The Balaban J connectivity index is 0.00000225. The monoisotopic (exact) mass is 386 g/mol. The van der Waals surface area contributed by atoms with Crippen LogP contribution in [-0.4, -0.2) is 27.4 Å². The van der Waals surface area contributed by atoms with Gasteiger partial charge in [0.05, 0.1) is 5.69 Å². The number of para-hydroxylation sites is 2. The van der Waals surface area contributed by atoms with Crippen molar-refractivity contribution in [1.82, 2.24) is 5.32 Å². The molecule has 1 atom stereocenters. The molecule has 0 bridgehead atoms. The van der Waals surface area contributed by atoms with Gasteiger partial charge in [-0.25, -0.2) is 17.1 Å². The number of halogens is 2. The fourth-order valence-electron chi connectivity index (χ4n) is 2.72. The summed E-state index contributed by atoms with van der Waals surface area (Å²) in [4.78, 5) is 0. The normalized spacial score (nSPS) is 18.0. The number of rotatable bonds is 5. The van der Waals surface area contributed by atoms with Crippen molar-refractivity contribution in [3.8, 4) is 5.75 Å². The molecule has 3 rings (SSSR count). The molecule has 0 aromatic heterocycles. The largest absolute Gasteiger partial charge is 0.467 e. The van der Waals surface area contributed by atoms with Crippen molar-refractivity contribution in [3.05, 3.63) is 54.3 Å². The SMILES string of the molecule is CNCCCC1Oc2c(F)cccc2N(c2ccccc2)S1(=O)=O.Cl. The molecule has 1 unspecified atom stereocenters. The lowest BCUT2D eigenvalue weighted by atomic mass is 10.2. The van der Waals surface area contributed by atoms with Gasteiger partial charge in [-0.15, -0.1) is 12.4 Å². The molecule has 0 spiro atoms. The highest BCUT2D eigenvalue weighted by atomic mass is 35.5. The van der Waals surface area contributed by atoms with Crippen LogP contribution in [0.5, 0.6) is 5.75 Å². The number of hydrogen-bond donors (Lipinski definition) is 1. The summed E-state index contributed by atoms with van der Waals surface area (Å²) in [5.74, 6) is -0.590. The predicted octanol–water partition coefficient (Wildman–Crippen LogP) is 3.43. The molecule has 0 saturated carbocycles. The summed E-state index contributed by atoms with van der Waals surface area (Å²) in [5.41, 5.74) is -0.451. The van der Waals surface area contributed by atoms with E-state index in [1.54, 1.807) is 43.4 Å². The van der Waals surface area contributed by atoms with Gasteiger partial charge < -0.3 is 10.1 Å². The lowest BCUT2D eigenvalue weighted by molar-refractivity contribution is 0.243. The van der Waals surface area contributed by atoms with Crippen molar-refractivity contribution in [3.63, 3.8) is 0 Å². The van der Waals surface area contributed by atoms with Crippen LogP contribution in [0.25, 0.3) is 0 Å². The molecule has 1 aliphatic heterocycles. The molecule has 1 heterocycles. The fraction of sp³-hybridized carbons (Fsp3) is 0.294. The number of fused-ring (bicyclic) bond motifs is 1. The van der Waals surface area contributed by atoms with Crippen molar-refractivity contribution in [2.45, 2.75) is 18.3 Å². The number of anilines is 2. The van der Waals surface area contributed by atoms with E-state index in [1.165, 1.54) is 16.4 Å². The van der Waals surface area contributed by atoms with Crippen LogP contribution >= 0.6 is 12.4 Å². The van der Waals surface area contributed by atoms with Crippen LogP contribution in [0.2, 0.25) is 0 Å². The third-order valence-electron chi connectivity index (χ3n) is 3.86. The van der Waals surface area contributed by atoms with E-state index in [1.807, 2.05) is 0 Å². The molecule has 0 saturated heterocycles. The topological polar surface area (TPSA) is 58.6 Å². The Hall–Kier alpha value is -1.83. The summed E-state index contributed by atoms with van der Waals surface area (Å²) in [6.45, 7) is 0.658. The van der Waals surface area contributed by atoms with Crippen LogP contribution in [0.1, 0.15) is 12.8 Å². The van der Waals surface area contributed by atoms with Gasteiger partial charge in [-0.05, 0) is 44.3 Å².